The molecule has 0 bridgehead atoms. The van der Waals surface area contributed by atoms with Gasteiger partial charge in [0.25, 0.3) is 0 Å². The molecule has 0 heterocycles. The summed E-state index contributed by atoms with van der Waals surface area (Å²) in [6.07, 6.45) is 3.71. The number of carboxylic acids is 2. The molecule has 0 aromatic heterocycles. The number of aliphatic carboxylic acids is 2. The molecule has 2 rings (SSSR count). The van der Waals surface area contributed by atoms with Crippen LogP contribution in [0.25, 0.3) is 0 Å². The zero-order chi connectivity index (χ0) is 32.5. The third kappa shape index (κ3) is 11.6. The molecule has 12 heteroatoms. The van der Waals surface area contributed by atoms with E-state index in [1.807, 2.05) is 0 Å². The van der Waals surface area contributed by atoms with Crippen LogP contribution in [-0.2, 0) is 22.7 Å². The number of nitrogens with zero attached hydrogens (tertiary/aromatic N) is 2. The highest BCUT2D eigenvalue weighted by molar-refractivity contribution is 5.69. The van der Waals surface area contributed by atoms with E-state index >= 15 is 0 Å². The van der Waals surface area contributed by atoms with Crippen molar-refractivity contribution < 1.29 is 48.2 Å². The highest BCUT2D eigenvalue weighted by Crippen LogP contribution is 2.40. The highest BCUT2D eigenvalue weighted by Gasteiger charge is 2.21. The van der Waals surface area contributed by atoms with Crippen molar-refractivity contribution in [2.24, 2.45) is 0 Å². The van der Waals surface area contributed by atoms with Crippen molar-refractivity contribution in [1.29, 1.82) is 0 Å². The summed E-state index contributed by atoms with van der Waals surface area (Å²) in [6.45, 7) is 5.78. The number of hydrogen-bond acceptors (Lipinski definition) is 10. The van der Waals surface area contributed by atoms with Crippen LogP contribution in [0.1, 0.15) is 50.7 Å². The van der Waals surface area contributed by atoms with Gasteiger partial charge in [-0.05, 0) is 48.2 Å². The van der Waals surface area contributed by atoms with Crippen LogP contribution in [0.2, 0.25) is 0 Å². The molecule has 2 N–H and O–H groups in total. The molecule has 12 nitrogen and oxygen atoms in total. The van der Waals surface area contributed by atoms with E-state index in [-0.39, 0.29) is 39.3 Å². The second-order valence-electron chi connectivity index (χ2n) is 10.3. The molecule has 0 aliphatic rings. The SMILES string of the molecule is CCCCOc1c(OC)cc(CN(CCN(CC(=O)O)Cc2cc(OC)c(OCCCC)c(OC)c2)CC(=O)O)cc1OC. The van der Waals surface area contributed by atoms with E-state index in [4.69, 9.17) is 28.4 Å². The normalized spacial score (nSPS) is 11.0. The molecule has 0 unspecified atom stereocenters. The van der Waals surface area contributed by atoms with Gasteiger partial charge < -0.3 is 38.6 Å². The molecule has 0 aliphatic heterocycles. The molecule has 246 valence electrons. The zero-order valence-electron chi connectivity index (χ0n) is 26.8. The Morgan fingerprint density at radius 1 is 0.614 bits per heavy atom. The van der Waals surface area contributed by atoms with Crippen molar-refractivity contribution >= 4 is 11.9 Å². The molecule has 44 heavy (non-hydrogen) atoms. The van der Waals surface area contributed by atoms with Gasteiger partial charge in [-0.1, -0.05) is 26.7 Å². The fourth-order valence-corrected chi connectivity index (χ4v) is 4.58. The number of rotatable bonds is 23. The van der Waals surface area contributed by atoms with E-state index in [0.29, 0.717) is 47.7 Å². The first-order valence-corrected chi connectivity index (χ1v) is 14.8. The van der Waals surface area contributed by atoms with E-state index in [1.54, 1.807) is 34.1 Å². The summed E-state index contributed by atoms with van der Waals surface area (Å²) >= 11 is 0. The predicted octanol–water partition coefficient (Wildman–Crippen LogP) is 4.55. The lowest BCUT2D eigenvalue weighted by Gasteiger charge is -2.27. The van der Waals surface area contributed by atoms with Gasteiger partial charge in [0.05, 0.1) is 54.7 Å². The maximum Gasteiger partial charge on any atom is 0.317 e. The zero-order valence-corrected chi connectivity index (χ0v) is 26.8. The number of ether oxygens (including phenoxy) is 6. The van der Waals surface area contributed by atoms with E-state index < -0.39 is 11.9 Å². The lowest BCUT2D eigenvalue weighted by molar-refractivity contribution is -0.140. The van der Waals surface area contributed by atoms with Gasteiger partial charge in [0, 0.05) is 26.2 Å². The first-order chi connectivity index (χ1) is 21.2. The molecule has 2 aromatic rings. The van der Waals surface area contributed by atoms with E-state index in [9.17, 15) is 19.8 Å². The Kier molecular flexibility index (Phi) is 16.0. The van der Waals surface area contributed by atoms with Gasteiger partial charge in [-0.15, -0.1) is 0 Å². The topological polar surface area (TPSA) is 136 Å². The fourth-order valence-electron chi connectivity index (χ4n) is 4.58. The average molecular weight is 621 g/mol. The Morgan fingerprint density at radius 2 is 0.932 bits per heavy atom. The predicted molar refractivity (Wildman–Crippen MR) is 166 cm³/mol. The monoisotopic (exact) mass is 620 g/mol. The number of unbranched alkanes of at least 4 members (excludes halogenated alkanes) is 2. The molecule has 0 fully saturated rings. The third-order valence-electron chi connectivity index (χ3n) is 6.79. The average Bonchev–Trinajstić information content (AvgIpc) is 2.99. The van der Waals surface area contributed by atoms with Gasteiger partial charge in [-0.2, -0.15) is 0 Å². The molecule has 0 saturated heterocycles. The minimum atomic E-state index is -0.999. The molecule has 0 saturated carbocycles. The number of hydrogen-bond donors (Lipinski definition) is 2. The lowest BCUT2D eigenvalue weighted by Crippen LogP contribution is -2.39. The Morgan fingerprint density at radius 3 is 1.18 bits per heavy atom. The summed E-state index contributed by atoms with van der Waals surface area (Å²) in [4.78, 5) is 27.0. The van der Waals surface area contributed by atoms with Gasteiger partial charge in [0.1, 0.15) is 0 Å². The molecule has 0 atom stereocenters. The standard InChI is InChI=1S/C32H48N2O10/c1-7-9-13-43-31-25(39-3)15-23(16-26(31)40-4)19-33(21-29(35)36)11-12-34(22-30(37)38)20-24-17-27(41-5)32(28(18-24)42-6)44-14-10-8-2/h15-18H,7-14,19-22H2,1-6H3,(H,35,36)(H,37,38). The van der Waals surface area contributed by atoms with E-state index in [1.165, 1.54) is 28.4 Å². The van der Waals surface area contributed by atoms with E-state index in [0.717, 1.165) is 36.8 Å². The van der Waals surface area contributed by atoms with Crippen LogP contribution < -0.4 is 28.4 Å². The van der Waals surface area contributed by atoms with Crippen molar-refractivity contribution in [3.8, 4) is 34.5 Å². The van der Waals surface area contributed by atoms with Crippen molar-refractivity contribution in [1.82, 2.24) is 9.80 Å². The third-order valence-corrected chi connectivity index (χ3v) is 6.79. The van der Waals surface area contributed by atoms with E-state index in [2.05, 4.69) is 13.8 Å². The maximum atomic E-state index is 11.8. The number of carboxylic acid groups (broad SMARTS) is 2. The quantitative estimate of drug-likeness (QED) is 0.169. The minimum Gasteiger partial charge on any atom is -0.493 e. The number of methoxy groups -OCH3 is 4. The van der Waals surface area contributed by atoms with Gasteiger partial charge >= 0.3 is 11.9 Å². The van der Waals surface area contributed by atoms with Gasteiger partial charge in [-0.25, -0.2) is 0 Å². The maximum absolute atomic E-state index is 11.8. The summed E-state index contributed by atoms with van der Waals surface area (Å²) in [5, 5.41) is 19.3. The summed E-state index contributed by atoms with van der Waals surface area (Å²) in [5.74, 6) is 0.954. The Balaban J connectivity index is 2.27. The molecule has 2 aromatic carbocycles. The molecular formula is C32H48N2O10. The lowest BCUT2D eigenvalue weighted by atomic mass is 10.1. The van der Waals surface area contributed by atoms with Gasteiger partial charge in [-0.3, -0.25) is 19.4 Å². The number of benzene rings is 2. The van der Waals surface area contributed by atoms with Crippen molar-refractivity contribution in [2.75, 3.05) is 67.8 Å². The Labute approximate surface area is 260 Å². The molecule has 0 amide bonds. The first-order valence-electron chi connectivity index (χ1n) is 14.8. The van der Waals surface area contributed by atoms with Gasteiger partial charge in [0.15, 0.2) is 23.0 Å². The Bertz CT molecular complexity index is 1050. The van der Waals surface area contributed by atoms with Crippen LogP contribution in [0.15, 0.2) is 24.3 Å². The van der Waals surface area contributed by atoms with Crippen LogP contribution in [0, 0.1) is 0 Å². The van der Waals surface area contributed by atoms with Crippen LogP contribution in [0.5, 0.6) is 34.5 Å². The summed E-state index contributed by atoms with van der Waals surface area (Å²) in [7, 11) is 6.16. The van der Waals surface area contributed by atoms with Crippen molar-refractivity contribution in [2.45, 2.75) is 52.6 Å². The second-order valence-corrected chi connectivity index (χ2v) is 10.3. The molecule has 0 aliphatic carbocycles. The van der Waals surface area contributed by atoms with Crippen LogP contribution >= 0.6 is 0 Å². The van der Waals surface area contributed by atoms with Crippen LogP contribution in [0.4, 0.5) is 0 Å². The van der Waals surface area contributed by atoms with Gasteiger partial charge in [0.2, 0.25) is 11.5 Å². The first kappa shape index (κ1) is 36.3. The van der Waals surface area contributed by atoms with Crippen LogP contribution in [0.3, 0.4) is 0 Å². The smallest absolute Gasteiger partial charge is 0.317 e. The van der Waals surface area contributed by atoms with Crippen molar-refractivity contribution in [3.05, 3.63) is 35.4 Å². The summed E-state index contributed by atoms with van der Waals surface area (Å²) < 4.78 is 34.1. The largest absolute Gasteiger partial charge is 0.493 e. The molecule has 0 spiro atoms. The number of carbonyl (C=O) groups is 2. The summed E-state index contributed by atoms with van der Waals surface area (Å²) in [6, 6.07) is 7.21. The fraction of sp³-hybridized carbons (Fsp3) is 0.562. The van der Waals surface area contributed by atoms with Crippen LogP contribution in [-0.4, -0.2) is 99.8 Å². The van der Waals surface area contributed by atoms with Crippen molar-refractivity contribution in [3.63, 3.8) is 0 Å². The second kappa shape index (κ2) is 19.4. The minimum absolute atomic E-state index is 0.244. The molecular weight excluding hydrogens is 572 g/mol. The molecule has 0 radical (unpaired) electrons. The highest BCUT2D eigenvalue weighted by atomic mass is 16.5. The summed E-state index contributed by atoms with van der Waals surface area (Å²) in [5.41, 5.74) is 1.53. The Hall–Kier alpha value is -3.90.